The molecule has 4 nitrogen and oxygen atoms in total. The van der Waals surface area contributed by atoms with Crippen molar-refractivity contribution in [2.75, 3.05) is 0 Å². The van der Waals surface area contributed by atoms with E-state index in [1.54, 1.807) is 18.2 Å². The summed E-state index contributed by atoms with van der Waals surface area (Å²) in [5, 5.41) is 0.511. The van der Waals surface area contributed by atoms with Crippen LogP contribution < -0.4 is 5.56 Å². The molecule has 0 spiro atoms. The third-order valence-electron chi connectivity index (χ3n) is 1.95. The summed E-state index contributed by atoms with van der Waals surface area (Å²) < 4.78 is 0.790. The minimum absolute atomic E-state index is 0.192. The molecule has 2 aromatic rings. The van der Waals surface area contributed by atoms with E-state index in [0.717, 1.165) is 15.7 Å². The van der Waals surface area contributed by atoms with Crippen LogP contribution in [0.5, 0.6) is 0 Å². The molecule has 0 unspecified atom stereocenters. The van der Waals surface area contributed by atoms with E-state index in [2.05, 4.69) is 25.9 Å². The molecule has 1 heterocycles. The van der Waals surface area contributed by atoms with Gasteiger partial charge in [0.05, 0.1) is 0 Å². The number of aromatic nitrogens is 2. The Morgan fingerprint density at radius 1 is 1.35 bits per heavy atom. The number of benzene rings is 1. The van der Waals surface area contributed by atoms with Crippen molar-refractivity contribution in [1.82, 2.24) is 9.97 Å². The largest absolute Gasteiger partial charge is 0.301 e. The summed E-state index contributed by atoms with van der Waals surface area (Å²) >= 11 is 4.68. The van der Waals surface area contributed by atoms with Crippen LogP contribution in [0.25, 0.3) is 0 Å². The van der Waals surface area contributed by atoms with Crippen molar-refractivity contribution in [1.29, 1.82) is 0 Å². The fraction of sp³-hybridized carbons (Fsp3) is 0. The molecule has 0 bridgehead atoms. The lowest BCUT2D eigenvalue weighted by atomic mass is 10.2. The Kier molecular flexibility index (Phi) is 3.75. The van der Waals surface area contributed by atoms with Crippen molar-refractivity contribution in [3.8, 4) is 0 Å². The first kappa shape index (κ1) is 12.1. The molecule has 2 rings (SSSR count). The molecular formula is C11H7BrN2O2S. The van der Waals surface area contributed by atoms with Gasteiger partial charge in [-0.2, -0.15) is 0 Å². The number of aromatic amines is 1. The summed E-state index contributed by atoms with van der Waals surface area (Å²) in [6.45, 7) is 0. The summed E-state index contributed by atoms with van der Waals surface area (Å²) in [4.78, 5) is 29.2. The zero-order chi connectivity index (χ0) is 12.3. The quantitative estimate of drug-likeness (QED) is 0.699. The van der Waals surface area contributed by atoms with Gasteiger partial charge in [-0.15, -0.1) is 0 Å². The minimum Gasteiger partial charge on any atom is -0.301 e. The monoisotopic (exact) mass is 310 g/mol. The van der Waals surface area contributed by atoms with Crippen molar-refractivity contribution >= 4 is 34.0 Å². The number of nitrogens with one attached hydrogen (secondary N) is 1. The SMILES string of the molecule is O=Cc1ccc(Sc2nccc(=O)[nH]2)c(Br)c1. The third kappa shape index (κ3) is 3.04. The van der Waals surface area contributed by atoms with Gasteiger partial charge >= 0.3 is 0 Å². The number of rotatable bonds is 3. The summed E-state index contributed by atoms with van der Waals surface area (Å²) in [5.41, 5.74) is 0.402. The van der Waals surface area contributed by atoms with E-state index >= 15 is 0 Å². The lowest BCUT2D eigenvalue weighted by Crippen LogP contribution is -2.04. The average molecular weight is 311 g/mol. The second-order valence-corrected chi connectivity index (χ2v) is 5.03. The Balaban J connectivity index is 2.30. The van der Waals surface area contributed by atoms with E-state index in [0.29, 0.717) is 10.7 Å². The summed E-state index contributed by atoms with van der Waals surface area (Å²) in [6, 6.07) is 6.58. The third-order valence-corrected chi connectivity index (χ3v) is 3.84. The molecule has 17 heavy (non-hydrogen) atoms. The minimum atomic E-state index is -0.192. The van der Waals surface area contributed by atoms with Crippen LogP contribution in [-0.2, 0) is 0 Å². The molecule has 0 amide bonds. The fourth-order valence-corrected chi connectivity index (χ4v) is 2.59. The summed E-state index contributed by atoms with van der Waals surface area (Å²) in [7, 11) is 0. The second-order valence-electron chi connectivity index (χ2n) is 3.15. The van der Waals surface area contributed by atoms with Crippen LogP contribution in [0.3, 0.4) is 0 Å². The van der Waals surface area contributed by atoms with Crippen LogP contribution >= 0.6 is 27.7 Å². The first-order valence-electron chi connectivity index (χ1n) is 4.67. The predicted octanol–water partition coefficient (Wildman–Crippen LogP) is 2.50. The lowest BCUT2D eigenvalue weighted by Gasteiger charge is -2.03. The number of carbonyl (C=O) groups excluding carboxylic acids is 1. The number of H-pyrrole nitrogens is 1. The first-order chi connectivity index (χ1) is 8.19. The number of carbonyl (C=O) groups is 1. The van der Waals surface area contributed by atoms with Gasteiger partial charge < -0.3 is 4.98 Å². The highest BCUT2D eigenvalue weighted by Crippen LogP contribution is 2.31. The van der Waals surface area contributed by atoms with Crippen molar-refractivity contribution < 1.29 is 4.79 Å². The summed E-state index contributed by atoms with van der Waals surface area (Å²) in [5.74, 6) is 0. The number of hydrogen-bond donors (Lipinski definition) is 1. The fourth-order valence-electron chi connectivity index (χ4n) is 1.18. The average Bonchev–Trinajstić information content (AvgIpc) is 2.32. The maximum atomic E-state index is 11.1. The smallest absolute Gasteiger partial charge is 0.251 e. The van der Waals surface area contributed by atoms with Crippen molar-refractivity contribution in [2.24, 2.45) is 0 Å². The normalized spacial score (nSPS) is 10.2. The van der Waals surface area contributed by atoms with Crippen LogP contribution in [-0.4, -0.2) is 16.3 Å². The zero-order valence-corrected chi connectivity index (χ0v) is 10.9. The van der Waals surface area contributed by atoms with E-state index in [4.69, 9.17) is 0 Å². The van der Waals surface area contributed by atoms with Gasteiger partial charge in [0.25, 0.3) is 5.56 Å². The van der Waals surface area contributed by atoms with Crippen molar-refractivity contribution in [3.05, 3.63) is 50.9 Å². The maximum absolute atomic E-state index is 11.1. The van der Waals surface area contributed by atoms with E-state index in [9.17, 15) is 9.59 Å². The molecule has 0 aliphatic carbocycles. The van der Waals surface area contributed by atoms with Crippen molar-refractivity contribution in [3.63, 3.8) is 0 Å². The number of hydrogen-bond acceptors (Lipinski definition) is 4. The Bertz CT molecular complexity index is 612. The van der Waals surface area contributed by atoms with Crippen molar-refractivity contribution in [2.45, 2.75) is 10.1 Å². The highest BCUT2D eigenvalue weighted by molar-refractivity contribution is 9.10. The lowest BCUT2D eigenvalue weighted by molar-refractivity contribution is 0.112. The Morgan fingerprint density at radius 2 is 2.18 bits per heavy atom. The number of nitrogens with zero attached hydrogens (tertiary/aromatic N) is 1. The molecule has 1 N–H and O–H groups in total. The van der Waals surface area contributed by atoms with Gasteiger partial charge in [-0.1, -0.05) is 17.8 Å². The molecule has 6 heteroatoms. The highest BCUT2D eigenvalue weighted by Gasteiger charge is 2.05. The standard InChI is InChI=1S/C11H7BrN2O2S/c12-8-5-7(6-15)1-2-9(8)17-11-13-4-3-10(16)14-11/h1-6H,(H,13,14,16). The molecule has 0 aliphatic rings. The first-order valence-corrected chi connectivity index (χ1v) is 6.28. The van der Waals surface area contributed by atoms with Gasteiger partial charge in [-0.3, -0.25) is 9.59 Å². The molecule has 0 aliphatic heterocycles. The van der Waals surface area contributed by atoms with Crippen LogP contribution in [0.2, 0.25) is 0 Å². The maximum Gasteiger partial charge on any atom is 0.251 e. The van der Waals surface area contributed by atoms with E-state index in [-0.39, 0.29) is 5.56 Å². The van der Waals surface area contributed by atoms with Gasteiger partial charge in [0.1, 0.15) is 6.29 Å². The molecular weight excluding hydrogens is 304 g/mol. The highest BCUT2D eigenvalue weighted by atomic mass is 79.9. The molecule has 1 aromatic carbocycles. The van der Waals surface area contributed by atoms with Crippen LogP contribution in [0, 0.1) is 0 Å². The molecule has 0 saturated heterocycles. The van der Waals surface area contributed by atoms with E-state index in [1.165, 1.54) is 24.0 Å². The molecule has 0 atom stereocenters. The topological polar surface area (TPSA) is 62.8 Å². The number of halogens is 1. The molecule has 0 radical (unpaired) electrons. The molecule has 1 aromatic heterocycles. The Morgan fingerprint density at radius 3 is 2.82 bits per heavy atom. The molecule has 0 saturated carbocycles. The zero-order valence-electron chi connectivity index (χ0n) is 8.51. The van der Waals surface area contributed by atoms with Crippen LogP contribution in [0.1, 0.15) is 10.4 Å². The van der Waals surface area contributed by atoms with E-state index < -0.39 is 0 Å². The molecule has 86 valence electrons. The van der Waals surface area contributed by atoms with Crippen LogP contribution in [0.15, 0.2) is 49.8 Å². The van der Waals surface area contributed by atoms with Gasteiger partial charge in [-0.25, -0.2) is 4.98 Å². The second kappa shape index (κ2) is 5.29. The van der Waals surface area contributed by atoms with Gasteiger partial charge in [0, 0.05) is 27.2 Å². The summed E-state index contributed by atoms with van der Waals surface area (Å²) in [6.07, 6.45) is 2.23. The van der Waals surface area contributed by atoms with E-state index in [1.807, 2.05) is 0 Å². The van der Waals surface area contributed by atoms with Gasteiger partial charge in [0.2, 0.25) is 0 Å². The van der Waals surface area contributed by atoms with Crippen LogP contribution in [0.4, 0.5) is 0 Å². The van der Waals surface area contributed by atoms with Gasteiger partial charge in [0.15, 0.2) is 5.16 Å². The Labute approximate surface area is 110 Å². The predicted molar refractivity (Wildman–Crippen MR) is 68.5 cm³/mol. The van der Waals surface area contributed by atoms with Gasteiger partial charge in [-0.05, 0) is 28.1 Å². The molecule has 0 fully saturated rings. The Hall–Kier alpha value is -1.40. The number of aldehydes is 1.